The average Bonchev–Trinajstić information content (AvgIpc) is 3.23. The first kappa shape index (κ1) is 15.5. The third-order valence-corrected chi connectivity index (χ3v) is 4.29. The third-order valence-electron chi connectivity index (χ3n) is 4.29. The van der Waals surface area contributed by atoms with E-state index in [9.17, 15) is 4.79 Å². The molecule has 2 aromatic heterocycles. The number of aromatic amines is 1. The van der Waals surface area contributed by atoms with Gasteiger partial charge in [-0.15, -0.1) is 0 Å². The van der Waals surface area contributed by atoms with Crippen LogP contribution in [0.15, 0.2) is 18.6 Å². The molecule has 122 valence electrons. The van der Waals surface area contributed by atoms with Gasteiger partial charge < -0.3 is 15.4 Å². The van der Waals surface area contributed by atoms with Crippen LogP contribution in [0.3, 0.4) is 0 Å². The van der Waals surface area contributed by atoms with Crippen LogP contribution in [-0.2, 0) is 6.54 Å². The van der Waals surface area contributed by atoms with Crippen LogP contribution in [-0.4, -0.2) is 41.3 Å². The molecule has 0 radical (unpaired) electrons. The van der Waals surface area contributed by atoms with Gasteiger partial charge in [-0.25, -0.2) is 0 Å². The molecule has 7 heteroatoms. The molecule has 3 heterocycles. The van der Waals surface area contributed by atoms with E-state index in [1.807, 2.05) is 6.92 Å². The summed E-state index contributed by atoms with van der Waals surface area (Å²) in [5, 5.41) is 13.5. The summed E-state index contributed by atoms with van der Waals surface area (Å²) in [5.41, 5.74) is 3.45. The summed E-state index contributed by atoms with van der Waals surface area (Å²) >= 11 is 0. The highest BCUT2D eigenvalue weighted by molar-refractivity contribution is 5.95. The minimum atomic E-state index is -0.161. The van der Waals surface area contributed by atoms with Gasteiger partial charge >= 0.3 is 0 Å². The number of methoxy groups -OCH3 is 1. The molecule has 1 unspecified atom stereocenters. The van der Waals surface area contributed by atoms with E-state index in [2.05, 4.69) is 25.8 Å². The molecule has 1 amide bonds. The predicted molar refractivity (Wildman–Crippen MR) is 85.5 cm³/mol. The van der Waals surface area contributed by atoms with E-state index in [4.69, 9.17) is 4.74 Å². The summed E-state index contributed by atoms with van der Waals surface area (Å²) in [6, 6.07) is 0. The summed E-state index contributed by atoms with van der Waals surface area (Å²) in [4.78, 5) is 16.5. The number of carbonyl (C=O) groups is 1. The monoisotopic (exact) mass is 315 g/mol. The Balaban J connectivity index is 1.69. The fourth-order valence-electron chi connectivity index (χ4n) is 2.93. The predicted octanol–water partition coefficient (Wildman–Crippen LogP) is 1.13. The van der Waals surface area contributed by atoms with Crippen LogP contribution in [0.25, 0.3) is 0 Å². The first-order valence-corrected chi connectivity index (χ1v) is 7.70. The molecule has 1 fully saturated rings. The quantitative estimate of drug-likeness (QED) is 0.769. The second-order valence-electron chi connectivity index (χ2n) is 5.70. The molecule has 0 saturated carbocycles. The van der Waals surface area contributed by atoms with E-state index in [-0.39, 0.29) is 5.91 Å². The molecule has 7 nitrogen and oxygen atoms in total. The maximum atomic E-state index is 12.4. The number of hydrogen-bond donors (Lipinski definition) is 3. The second-order valence-corrected chi connectivity index (χ2v) is 5.70. The Bertz CT molecular complexity index is 692. The molecule has 1 saturated heterocycles. The topological polar surface area (TPSA) is 91.9 Å². The highest BCUT2D eigenvalue weighted by atomic mass is 16.5. The van der Waals surface area contributed by atoms with E-state index in [1.54, 1.807) is 25.7 Å². The SMILES string of the molecule is COc1cncc(C(=O)NCc2cn[nH]c2C2CCNC2)c1C. The van der Waals surface area contributed by atoms with E-state index in [0.29, 0.717) is 23.8 Å². The first-order chi connectivity index (χ1) is 11.2. The number of nitrogens with zero attached hydrogens (tertiary/aromatic N) is 2. The molecule has 2 aromatic rings. The molecular weight excluding hydrogens is 294 g/mol. The van der Waals surface area contributed by atoms with E-state index >= 15 is 0 Å². The Morgan fingerprint density at radius 2 is 2.30 bits per heavy atom. The zero-order valence-electron chi connectivity index (χ0n) is 13.3. The van der Waals surface area contributed by atoms with Crippen molar-refractivity contribution in [3.8, 4) is 5.75 Å². The van der Waals surface area contributed by atoms with Crippen molar-refractivity contribution in [3.63, 3.8) is 0 Å². The van der Waals surface area contributed by atoms with Gasteiger partial charge in [0.2, 0.25) is 0 Å². The first-order valence-electron chi connectivity index (χ1n) is 7.70. The van der Waals surface area contributed by atoms with Crippen molar-refractivity contribution in [2.45, 2.75) is 25.8 Å². The van der Waals surface area contributed by atoms with Gasteiger partial charge in [-0.05, 0) is 19.9 Å². The molecule has 0 aromatic carbocycles. The van der Waals surface area contributed by atoms with Crippen molar-refractivity contribution >= 4 is 5.91 Å². The smallest absolute Gasteiger partial charge is 0.253 e. The van der Waals surface area contributed by atoms with Gasteiger partial charge in [0.05, 0.1) is 25.1 Å². The summed E-state index contributed by atoms with van der Waals surface area (Å²) in [6.07, 6.45) is 6.03. The zero-order chi connectivity index (χ0) is 16.2. The summed E-state index contributed by atoms with van der Waals surface area (Å²) < 4.78 is 5.21. The zero-order valence-corrected chi connectivity index (χ0v) is 13.3. The number of rotatable bonds is 5. The Morgan fingerprint density at radius 1 is 1.43 bits per heavy atom. The normalized spacial score (nSPS) is 17.2. The average molecular weight is 315 g/mol. The lowest BCUT2D eigenvalue weighted by Gasteiger charge is -2.12. The lowest BCUT2D eigenvalue weighted by Crippen LogP contribution is -2.24. The van der Waals surface area contributed by atoms with Gasteiger partial charge in [0.15, 0.2) is 0 Å². The van der Waals surface area contributed by atoms with Crippen molar-refractivity contribution < 1.29 is 9.53 Å². The number of H-pyrrole nitrogens is 1. The summed E-state index contributed by atoms with van der Waals surface area (Å²) in [7, 11) is 1.57. The van der Waals surface area contributed by atoms with Crippen molar-refractivity contribution in [2.24, 2.45) is 0 Å². The van der Waals surface area contributed by atoms with Gasteiger partial charge in [0.25, 0.3) is 5.91 Å². The number of pyridine rings is 1. The third kappa shape index (κ3) is 3.19. The van der Waals surface area contributed by atoms with Gasteiger partial charge in [0.1, 0.15) is 5.75 Å². The molecule has 0 spiro atoms. The second kappa shape index (κ2) is 6.78. The molecule has 1 aliphatic rings. The van der Waals surface area contributed by atoms with E-state index < -0.39 is 0 Å². The van der Waals surface area contributed by atoms with Gasteiger partial charge in [-0.1, -0.05) is 0 Å². The number of amides is 1. The lowest BCUT2D eigenvalue weighted by molar-refractivity contribution is 0.0949. The van der Waals surface area contributed by atoms with Crippen molar-refractivity contribution in [3.05, 3.63) is 41.0 Å². The summed E-state index contributed by atoms with van der Waals surface area (Å²) in [6.45, 7) is 4.26. The van der Waals surface area contributed by atoms with Crippen LogP contribution in [0.2, 0.25) is 0 Å². The Hall–Kier alpha value is -2.41. The van der Waals surface area contributed by atoms with E-state index in [0.717, 1.165) is 36.3 Å². The molecule has 3 rings (SSSR count). The highest BCUT2D eigenvalue weighted by Crippen LogP contribution is 2.23. The van der Waals surface area contributed by atoms with Crippen molar-refractivity contribution in [1.29, 1.82) is 0 Å². The number of aromatic nitrogens is 3. The fraction of sp³-hybridized carbons (Fsp3) is 0.438. The van der Waals surface area contributed by atoms with Crippen LogP contribution in [0, 0.1) is 6.92 Å². The highest BCUT2D eigenvalue weighted by Gasteiger charge is 2.21. The number of carbonyl (C=O) groups excluding carboxylic acids is 1. The minimum absolute atomic E-state index is 0.161. The van der Waals surface area contributed by atoms with Crippen LogP contribution >= 0.6 is 0 Å². The Morgan fingerprint density at radius 3 is 3.04 bits per heavy atom. The Kier molecular flexibility index (Phi) is 4.57. The van der Waals surface area contributed by atoms with E-state index in [1.165, 1.54) is 0 Å². The molecule has 23 heavy (non-hydrogen) atoms. The molecule has 1 atom stereocenters. The molecule has 1 aliphatic heterocycles. The van der Waals surface area contributed by atoms with Crippen LogP contribution in [0.1, 0.15) is 39.5 Å². The van der Waals surface area contributed by atoms with Crippen LogP contribution in [0.4, 0.5) is 0 Å². The number of nitrogens with one attached hydrogen (secondary N) is 3. The van der Waals surface area contributed by atoms with Crippen molar-refractivity contribution in [2.75, 3.05) is 20.2 Å². The molecule has 0 bridgehead atoms. The standard InChI is InChI=1S/C16H21N5O2/c1-10-13(8-18-9-14(10)23-2)16(22)19-6-12-7-20-21-15(12)11-3-4-17-5-11/h7-9,11,17H,3-6H2,1-2H3,(H,19,22)(H,20,21). The molecule has 0 aliphatic carbocycles. The van der Waals surface area contributed by atoms with Gasteiger partial charge in [0, 0.05) is 42.0 Å². The maximum Gasteiger partial charge on any atom is 0.253 e. The fourth-order valence-corrected chi connectivity index (χ4v) is 2.93. The lowest BCUT2D eigenvalue weighted by atomic mass is 10.0. The van der Waals surface area contributed by atoms with Crippen LogP contribution < -0.4 is 15.4 Å². The largest absolute Gasteiger partial charge is 0.495 e. The number of ether oxygens (including phenoxy) is 1. The van der Waals surface area contributed by atoms with Gasteiger partial charge in [-0.2, -0.15) is 5.10 Å². The Labute approximate surface area is 134 Å². The maximum absolute atomic E-state index is 12.4. The van der Waals surface area contributed by atoms with Gasteiger partial charge in [-0.3, -0.25) is 14.9 Å². The van der Waals surface area contributed by atoms with Crippen LogP contribution in [0.5, 0.6) is 5.75 Å². The molecule has 3 N–H and O–H groups in total. The minimum Gasteiger partial charge on any atom is -0.495 e. The number of hydrogen-bond acceptors (Lipinski definition) is 5. The van der Waals surface area contributed by atoms with Crippen molar-refractivity contribution in [1.82, 2.24) is 25.8 Å². The molecular formula is C16H21N5O2. The summed E-state index contributed by atoms with van der Waals surface area (Å²) in [5.74, 6) is 0.883.